The van der Waals surface area contributed by atoms with E-state index in [-0.39, 0.29) is 11.4 Å². The zero-order chi connectivity index (χ0) is 9.31. The molecule has 0 saturated heterocycles. The Morgan fingerprint density at radius 3 is 2.62 bits per heavy atom. The predicted octanol–water partition coefficient (Wildman–Crippen LogP) is 2.01. The summed E-state index contributed by atoms with van der Waals surface area (Å²) in [5.74, 6) is 0.982. The number of nitrogens with one attached hydrogen (secondary N) is 1. The minimum absolute atomic E-state index is 0.0880. The molecule has 0 atom stereocenters. The van der Waals surface area contributed by atoms with Gasteiger partial charge in [-0.05, 0) is 51.0 Å². The third-order valence-corrected chi connectivity index (χ3v) is 3.45. The molecule has 0 aliphatic heterocycles. The molecule has 2 rings (SSSR count). The lowest BCUT2D eigenvalue weighted by Crippen LogP contribution is -2.44. The summed E-state index contributed by atoms with van der Waals surface area (Å²) < 4.78 is 0. The van der Waals surface area contributed by atoms with E-state index in [1.807, 2.05) is 6.92 Å². The smallest absolute Gasteiger partial charge is 0.244 e. The van der Waals surface area contributed by atoms with E-state index in [4.69, 9.17) is 0 Å². The minimum atomic E-state index is 0.0880. The van der Waals surface area contributed by atoms with Crippen LogP contribution in [0.25, 0.3) is 0 Å². The highest BCUT2D eigenvalue weighted by Crippen LogP contribution is 2.47. The highest BCUT2D eigenvalue weighted by molar-refractivity contribution is 5.88. The third kappa shape index (κ3) is 1.62. The quantitative estimate of drug-likeness (QED) is 0.645. The van der Waals surface area contributed by atoms with Crippen LogP contribution in [0.3, 0.4) is 0 Å². The second-order valence-corrected chi connectivity index (χ2v) is 4.42. The minimum Gasteiger partial charge on any atom is -0.347 e. The number of carbonyl (C=O) groups is 1. The average Bonchev–Trinajstić information content (AvgIpc) is 2.63. The topological polar surface area (TPSA) is 29.1 Å². The molecule has 2 fully saturated rings. The Morgan fingerprint density at radius 1 is 1.46 bits per heavy atom. The first-order valence-electron chi connectivity index (χ1n) is 5.19. The van der Waals surface area contributed by atoms with Crippen molar-refractivity contribution in [2.24, 2.45) is 5.92 Å². The van der Waals surface area contributed by atoms with Crippen LogP contribution in [0.1, 0.15) is 39.0 Å². The van der Waals surface area contributed by atoms with E-state index in [0.29, 0.717) is 0 Å². The van der Waals surface area contributed by atoms with Crippen molar-refractivity contribution in [3.8, 4) is 0 Å². The van der Waals surface area contributed by atoms with E-state index in [1.54, 1.807) is 12.2 Å². The summed E-state index contributed by atoms with van der Waals surface area (Å²) in [6.07, 6.45) is 9.66. The van der Waals surface area contributed by atoms with Crippen LogP contribution in [0.5, 0.6) is 0 Å². The van der Waals surface area contributed by atoms with Crippen LogP contribution < -0.4 is 5.32 Å². The van der Waals surface area contributed by atoms with Gasteiger partial charge >= 0.3 is 0 Å². The van der Waals surface area contributed by atoms with Crippen LogP contribution >= 0.6 is 0 Å². The lowest BCUT2D eigenvalue weighted by Gasteiger charge is -2.27. The largest absolute Gasteiger partial charge is 0.347 e. The van der Waals surface area contributed by atoms with Gasteiger partial charge in [0.25, 0.3) is 0 Å². The van der Waals surface area contributed by atoms with E-state index >= 15 is 0 Å². The van der Waals surface area contributed by atoms with Crippen molar-refractivity contribution in [3.05, 3.63) is 12.2 Å². The summed E-state index contributed by atoms with van der Waals surface area (Å²) in [6, 6.07) is 0. The van der Waals surface area contributed by atoms with Gasteiger partial charge in [-0.25, -0.2) is 0 Å². The van der Waals surface area contributed by atoms with Gasteiger partial charge < -0.3 is 5.32 Å². The van der Waals surface area contributed by atoms with Gasteiger partial charge in [-0.1, -0.05) is 6.08 Å². The molecule has 2 aliphatic rings. The molecule has 2 bridgehead atoms. The maximum atomic E-state index is 11.4. The van der Waals surface area contributed by atoms with E-state index in [9.17, 15) is 4.79 Å². The summed E-state index contributed by atoms with van der Waals surface area (Å²) in [5, 5.41) is 3.16. The summed E-state index contributed by atoms with van der Waals surface area (Å²) in [4.78, 5) is 11.4. The lowest BCUT2D eigenvalue weighted by atomic mass is 9.94. The van der Waals surface area contributed by atoms with E-state index in [1.165, 1.54) is 32.1 Å². The first kappa shape index (κ1) is 8.79. The van der Waals surface area contributed by atoms with Crippen LogP contribution in [0.15, 0.2) is 12.2 Å². The Kier molecular flexibility index (Phi) is 2.14. The number of hydrogen-bond acceptors (Lipinski definition) is 1. The molecule has 0 aromatic rings. The number of fused-ring (bicyclic) bond motifs is 2. The molecule has 0 heterocycles. The molecule has 1 amide bonds. The van der Waals surface area contributed by atoms with Gasteiger partial charge in [-0.15, -0.1) is 0 Å². The SMILES string of the molecule is C/C=C/C(=O)NC12CCC(CC1)C2. The Labute approximate surface area is 79.4 Å². The van der Waals surface area contributed by atoms with Gasteiger partial charge in [-0.3, -0.25) is 4.79 Å². The molecule has 2 aliphatic carbocycles. The van der Waals surface area contributed by atoms with Gasteiger partial charge in [0, 0.05) is 5.54 Å². The van der Waals surface area contributed by atoms with Crippen molar-refractivity contribution < 1.29 is 4.79 Å². The van der Waals surface area contributed by atoms with Gasteiger partial charge in [-0.2, -0.15) is 0 Å². The van der Waals surface area contributed by atoms with Crippen molar-refractivity contribution >= 4 is 5.91 Å². The summed E-state index contributed by atoms with van der Waals surface area (Å²) >= 11 is 0. The molecular weight excluding hydrogens is 162 g/mol. The maximum Gasteiger partial charge on any atom is 0.244 e. The van der Waals surface area contributed by atoms with Crippen molar-refractivity contribution in [3.63, 3.8) is 0 Å². The molecule has 0 aromatic heterocycles. The van der Waals surface area contributed by atoms with E-state index < -0.39 is 0 Å². The lowest BCUT2D eigenvalue weighted by molar-refractivity contribution is -0.118. The van der Waals surface area contributed by atoms with Crippen LogP contribution in [0.2, 0.25) is 0 Å². The van der Waals surface area contributed by atoms with E-state index in [0.717, 1.165) is 5.92 Å². The van der Waals surface area contributed by atoms with Crippen LogP contribution in [0, 0.1) is 5.92 Å². The first-order valence-corrected chi connectivity index (χ1v) is 5.19. The molecule has 2 heteroatoms. The molecule has 1 N–H and O–H groups in total. The molecule has 0 spiro atoms. The van der Waals surface area contributed by atoms with Crippen LogP contribution in [-0.4, -0.2) is 11.4 Å². The van der Waals surface area contributed by atoms with Crippen molar-refractivity contribution in [1.29, 1.82) is 0 Å². The third-order valence-electron chi connectivity index (χ3n) is 3.45. The zero-order valence-electron chi connectivity index (χ0n) is 8.18. The second-order valence-electron chi connectivity index (χ2n) is 4.42. The van der Waals surface area contributed by atoms with E-state index in [2.05, 4.69) is 5.32 Å². The molecule has 2 nitrogen and oxygen atoms in total. The average molecular weight is 179 g/mol. The van der Waals surface area contributed by atoms with Gasteiger partial charge in [0.1, 0.15) is 0 Å². The number of amides is 1. The number of hydrogen-bond donors (Lipinski definition) is 1. The molecule has 2 saturated carbocycles. The highest BCUT2D eigenvalue weighted by Gasteiger charge is 2.45. The standard InChI is InChI=1S/C11H17NO/c1-2-3-10(13)12-11-6-4-9(8-11)5-7-11/h2-3,9H,4-8H2,1H3,(H,12,13)/b3-2+. The molecule has 0 aromatic carbocycles. The molecule has 0 unspecified atom stereocenters. The Balaban J connectivity index is 1.97. The van der Waals surface area contributed by atoms with Crippen LogP contribution in [0.4, 0.5) is 0 Å². The normalized spacial score (nSPS) is 37.2. The van der Waals surface area contributed by atoms with Crippen molar-refractivity contribution in [1.82, 2.24) is 5.32 Å². The fourth-order valence-electron chi connectivity index (χ4n) is 2.82. The summed E-state index contributed by atoms with van der Waals surface area (Å²) in [7, 11) is 0. The second kappa shape index (κ2) is 3.17. The Bertz CT molecular complexity index is 236. The van der Waals surface area contributed by atoms with Crippen molar-refractivity contribution in [2.75, 3.05) is 0 Å². The summed E-state index contributed by atoms with van der Waals surface area (Å²) in [6.45, 7) is 1.88. The zero-order valence-corrected chi connectivity index (χ0v) is 8.18. The number of allylic oxidation sites excluding steroid dienone is 1. The van der Waals surface area contributed by atoms with Gasteiger partial charge in [0.15, 0.2) is 0 Å². The Morgan fingerprint density at radius 2 is 2.15 bits per heavy atom. The first-order chi connectivity index (χ1) is 6.24. The maximum absolute atomic E-state index is 11.4. The molecule has 13 heavy (non-hydrogen) atoms. The molecular formula is C11H17NO. The number of carbonyl (C=O) groups excluding carboxylic acids is 1. The van der Waals surface area contributed by atoms with Gasteiger partial charge in [0.2, 0.25) is 5.91 Å². The van der Waals surface area contributed by atoms with Crippen molar-refractivity contribution in [2.45, 2.75) is 44.6 Å². The van der Waals surface area contributed by atoms with Gasteiger partial charge in [0.05, 0.1) is 0 Å². The fraction of sp³-hybridized carbons (Fsp3) is 0.727. The monoisotopic (exact) mass is 179 g/mol. The fourth-order valence-corrected chi connectivity index (χ4v) is 2.82. The van der Waals surface area contributed by atoms with Crippen LogP contribution in [-0.2, 0) is 4.79 Å². The predicted molar refractivity (Wildman–Crippen MR) is 52.3 cm³/mol. The molecule has 0 radical (unpaired) electrons. The summed E-state index contributed by atoms with van der Waals surface area (Å²) in [5.41, 5.74) is 0.182. The Hall–Kier alpha value is -0.790. The molecule has 72 valence electrons. The number of rotatable bonds is 2. The highest BCUT2D eigenvalue weighted by atomic mass is 16.1.